The minimum atomic E-state index is 0.195. The minimum Gasteiger partial charge on any atom is -0.361 e. The van der Waals surface area contributed by atoms with Crippen LogP contribution in [0.25, 0.3) is 16.5 Å². The summed E-state index contributed by atoms with van der Waals surface area (Å²) >= 11 is 5.97. The Morgan fingerprint density at radius 2 is 1.83 bits per heavy atom. The zero-order valence-electron chi connectivity index (χ0n) is 12.6. The molecule has 4 rings (SSSR count). The molecule has 2 nitrogen and oxygen atoms in total. The first-order valence-corrected chi connectivity index (χ1v) is 8.13. The quantitative estimate of drug-likeness (QED) is 0.678. The zero-order chi connectivity index (χ0) is 15.8. The average molecular weight is 322 g/mol. The number of hydrogen-bond donors (Lipinski definition) is 1. The maximum atomic E-state index is 12.2. The number of ketones is 1. The molecule has 0 fully saturated rings. The van der Waals surface area contributed by atoms with Crippen molar-refractivity contribution in [3.8, 4) is 0 Å². The largest absolute Gasteiger partial charge is 0.361 e. The molecule has 0 radical (unpaired) electrons. The van der Waals surface area contributed by atoms with E-state index in [1.165, 1.54) is 10.9 Å². The van der Waals surface area contributed by atoms with E-state index in [2.05, 4.69) is 29.2 Å². The van der Waals surface area contributed by atoms with Crippen LogP contribution in [-0.2, 0) is 4.79 Å². The normalized spacial score (nSPS) is 18.2. The molecule has 1 aliphatic carbocycles. The van der Waals surface area contributed by atoms with Crippen molar-refractivity contribution in [2.45, 2.75) is 18.8 Å². The molecule has 0 bridgehead atoms. The van der Waals surface area contributed by atoms with Gasteiger partial charge >= 0.3 is 0 Å². The van der Waals surface area contributed by atoms with E-state index in [0.717, 1.165) is 28.1 Å². The number of aromatic amines is 1. The van der Waals surface area contributed by atoms with E-state index in [9.17, 15) is 4.79 Å². The van der Waals surface area contributed by atoms with Crippen LogP contribution in [0.4, 0.5) is 0 Å². The van der Waals surface area contributed by atoms with E-state index in [1.54, 1.807) is 6.08 Å². The molecule has 0 saturated heterocycles. The summed E-state index contributed by atoms with van der Waals surface area (Å²) in [5, 5.41) is 1.90. The van der Waals surface area contributed by atoms with Crippen molar-refractivity contribution >= 4 is 33.9 Å². The highest BCUT2D eigenvalue weighted by Gasteiger charge is 2.23. The summed E-state index contributed by atoms with van der Waals surface area (Å²) in [6, 6.07) is 16.2. The lowest BCUT2D eigenvalue weighted by Crippen LogP contribution is -2.12. The molecule has 3 heteroatoms. The van der Waals surface area contributed by atoms with Crippen molar-refractivity contribution in [1.82, 2.24) is 4.98 Å². The van der Waals surface area contributed by atoms with E-state index in [4.69, 9.17) is 11.6 Å². The first-order chi connectivity index (χ1) is 11.2. The predicted molar refractivity (Wildman–Crippen MR) is 94.7 cm³/mol. The second-order valence-electron chi connectivity index (χ2n) is 6.07. The maximum Gasteiger partial charge on any atom is 0.156 e. The van der Waals surface area contributed by atoms with Crippen LogP contribution in [0.15, 0.2) is 60.8 Å². The number of carbonyl (C=O) groups is 1. The van der Waals surface area contributed by atoms with Gasteiger partial charge in [0.25, 0.3) is 0 Å². The van der Waals surface area contributed by atoms with Crippen molar-refractivity contribution in [1.29, 1.82) is 0 Å². The first-order valence-electron chi connectivity index (χ1n) is 7.75. The van der Waals surface area contributed by atoms with Crippen molar-refractivity contribution in [3.05, 3.63) is 77.0 Å². The van der Waals surface area contributed by atoms with Gasteiger partial charge in [-0.15, -0.1) is 0 Å². The Balaban J connectivity index is 1.68. The molecular formula is C20H16ClNO. The summed E-state index contributed by atoms with van der Waals surface area (Å²) in [5.41, 5.74) is 4.54. The van der Waals surface area contributed by atoms with Gasteiger partial charge in [-0.05, 0) is 70.8 Å². The highest BCUT2D eigenvalue weighted by Crippen LogP contribution is 2.36. The topological polar surface area (TPSA) is 32.9 Å². The molecule has 3 aromatic rings. The summed E-state index contributed by atoms with van der Waals surface area (Å²) in [5.74, 6) is 0.419. The van der Waals surface area contributed by atoms with E-state index in [1.807, 2.05) is 30.5 Å². The van der Waals surface area contributed by atoms with Crippen LogP contribution >= 0.6 is 11.6 Å². The number of rotatable bonds is 2. The van der Waals surface area contributed by atoms with Crippen molar-refractivity contribution < 1.29 is 4.79 Å². The number of aromatic nitrogens is 1. The number of nitrogens with one attached hydrogen (secondary N) is 1. The number of benzene rings is 2. The van der Waals surface area contributed by atoms with E-state index in [0.29, 0.717) is 6.42 Å². The fraction of sp³-hybridized carbons (Fsp3) is 0.150. The Kier molecular flexibility index (Phi) is 3.55. The van der Waals surface area contributed by atoms with Crippen LogP contribution in [0.3, 0.4) is 0 Å². The summed E-state index contributed by atoms with van der Waals surface area (Å²) < 4.78 is 0. The third-order valence-corrected chi connectivity index (χ3v) is 4.77. The first kappa shape index (κ1) is 14.3. The van der Waals surface area contributed by atoms with Crippen molar-refractivity contribution in [2.24, 2.45) is 0 Å². The molecule has 1 N–H and O–H groups in total. The van der Waals surface area contributed by atoms with Crippen LogP contribution in [0, 0.1) is 0 Å². The van der Waals surface area contributed by atoms with E-state index < -0.39 is 0 Å². The molecule has 0 aliphatic heterocycles. The standard InChI is InChI=1S/C20H16ClNO/c21-18-4-1-13(2-5-18)16-10-17(12-19(23)11-16)14-3-6-20-15(9-14)7-8-22-20/h1-9,12,16,22H,10-11H2. The van der Waals surface area contributed by atoms with Crippen LogP contribution in [-0.4, -0.2) is 10.8 Å². The van der Waals surface area contributed by atoms with Crippen LogP contribution in [0.2, 0.25) is 5.02 Å². The lowest BCUT2D eigenvalue weighted by atomic mass is 9.81. The molecule has 0 amide bonds. The maximum absolute atomic E-state index is 12.2. The fourth-order valence-electron chi connectivity index (χ4n) is 3.32. The molecule has 1 unspecified atom stereocenters. The SMILES string of the molecule is O=C1C=C(c2ccc3[nH]ccc3c2)CC(c2ccc(Cl)cc2)C1. The van der Waals surface area contributed by atoms with Gasteiger partial charge in [-0.25, -0.2) is 0 Å². The summed E-state index contributed by atoms with van der Waals surface area (Å²) in [6.07, 6.45) is 5.19. The monoisotopic (exact) mass is 321 g/mol. The molecule has 1 aliphatic rings. The summed E-state index contributed by atoms with van der Waals surface area (Å²) in [6.45, 7) is 0. The van der Waals surface area contributed by atoms with Gasteiger partial charge in [-0.1, -0.05) is 29.8 Å². The number of allylic oxidation sites excluding steroid dienone is 2. The van der Waals surface area contributed by atoms with Crippen LogP contribution in [0.1, 0.15) is 29.9 Å². The second-order valence-corrected chi connectivity index (χ2v) is 6.51. The predicted octanol–water partition coefficient (Wildman–Crippen LogP) is 5.35. The molecule has 1 atom stereocenters. The lowest BCUT2D eigenvalue weighted by Gasteiger charge is -2.23. The highest BCUT2D eigenvalue weighted by molar-refractivity contribution is 6.30. The van der Waals surface area contributed by atoms with Gasteiger partial charge in [0.15, 0.2) is 5.78 Å². The molecule has 114 valence electrons. The molecule has 1 heterocycles. The average Bonchev–Trinajstić information content (AvgIpc) is 3.02. The molecular weight excluding hydrogens is 306 g/mol. The number of halogens is 1. The van der Waals surface area contributed by atoms with Gasteiger partial charge < -0.3 is 4.98 Å². The van der Waals surface area contributed by atoms with Crippen LogP contribution in [0.5, 0.6) is 0 Å². The highest BCUT2D eigenvalue weighted by atomic mass is 35.5. The van der Waals surface area contributed by atoms with Gasteiger partial charge in [0.05, 0.1) is 0 Å². The Hall–Kier alpha value is -2.32. The second kappa shape index (κ2) is 5.71. The molecule has 0 saturated carbocycles. The number of H-pyrrole nitrogens is 1. The molecule has 0 spiro atoms. The lowest BCUT2D eigenvalue weighted by molar-refractivity contribution is -0.115. The fourth-order valence-corrected chi connectivity index (χ4v) is 3.44. The van der Waals surface area contributed by atoms with Gasteiger partial charge in [-0.2, -0.15) is 0 Å². The van der Waals surface area contributed by atoms with Gasteiger partial charge in [0.1, 0.15) is 0 Å². The Labute approximate surface area is 139 Å². The number of fused-ring (bicyclic) bond motifs is 1. The zero-order valence-corrected chi connectivity index (χ0v) is 13.3. The Morgan fingerprint density at radius 3 is 2.65 bits per heavy atom. The molecule has 23 heavy (non-hydrogen) atoms. The third-order valence-electron chi connectivity index (χ3n) is 4.51. The van der Waals surface area contributed by atoms with Gasteiger partial charge in [0.2, 0.25) is 0 Å². The summed E-state index contributed by atoms with van der Waals surface area (Å²) in [4.78, 5) is 15.4. The smallest absolute Gasteiger partial charge is 0.156 e. The minimum absolute atomic E-state index is 0.195. The Morgan fingerprint density at radius 1 is 1.00 bits per heavy atom. The summed E-state index contributed by atoms with van der Waals surface area (Å²) in [7, 11) is 0. The molecule has 1 aromatic heterocycles. The molecule has 2 aromatic carbocycles. The van der Waals surface area contributed by atoms with Crippen molar-refractivity contribution in [2.75, 3.05) is 0 Å². The van der Waals surface area contributed by atoms with Crippen LogP contribution < -0.4 is 0 Å². The van der Waals surface area contributed by atoms with Gasteiger partial charge in [0, 0.05) is 23.2 Å². The third kappa shape index (κ3) is 2.82. The number of hydrogen-bond acceptors (Lipinski definition) is 1. The number of carbonyl (C=O) groups excluding carboxylic acids is 1. The Bertz CT molecular complexity index is 905. The van der Waals surface area contributed by atoms with Crippen molar-refractivity contribution in [3.63, 3.8) is 0 Å². The van der Waals surface area contributed by atoms with E-state index in [-0.39, 0.29) is 11.7 Å². The van der Waals surface area contributed by atoms with E-state index >= 15 is 0 Å². The van der Waals surface area contributed by atoms with Gasteiger partial charge in [-0.3, -0.25) is 4.79 Å².